The Hall–Kier alpha value is -1.10. The highest BCUT2D eigenvalue weighted by Gasteiger charge is 2.22. The highest BCUT2D eigenvalue weighted by atomic mass is 16.2. The van der Waals surface area contributed by atoms with Crippen LogP contribution >= 0.6 is 0 Å². The molecule has 0 saturated carbocycles. The largest absolute Gasteiger partial charge is 0.368 e. The first-order valence-electron chi connectivity index (χ1n) is 5.75. The molecule has 0 aromatic heterocycles. The van der Waals surface area contributed by atoms with Gasteiger partial charge in [-0.05, 0) is 12.3 Å². The molecule has 5 N–H and O–H groups in total. The van der Waals surface area contributed by atoms with Crippen molar-refractivity contribution in [2.75, 3.05) is 0 Å². The summed E-state index contributed by atoms with van der Waals surface area (Å²) in [4.78, 5) is 22.7. The number of unbranched alkanes of at least 4 members (excludes halogenated alkanes) is 1. The minimum Gasteiger partial charge on any atom is -0.368 e. The zero-order chi connectivity index (χ0) is 12.7. The summed E-state index contributed by atoms with van der Waals surface area (Å²) >= 11 is 0. The maximum atomic E-state index is 11.6. The first kappa shape index (κ1) is 14.9. The third-order valence-corrected chi connectivity index (χ3v) is 2.53. The first-order chi connectivity index (χ1) is 7.40. The van der Waals surface area contributed by atoms with Crippen LogP contribution in [0.1, 0.15) is 40.0 Å². The molecule has 0 aromatic carbocycles. The molecule has 2 amide bonds. The van der Waals surface area contributed by atoms with Gasteiger partial charge in [0.1, 0.15) is 6.04 Å². The molecular weight excluding hydrogens is 206 g/mol. The van der Waals surface area contributed by atoms with Gasteiger partial charge in [-0.3, -0.25) is 9.59 Å². The van der Waals surface area contributed by atoms with Crippen LogP contribution in [0.25, 0.3) is 0 Å². The number of rotatable bonds is 7. The van der Waals surface area contributed by atoms with E-state index in [-0.39, 0.29) is 11.8 Å². The van der Waals surface area contributed by atoms with Gasteiger partial charge in [0.05, 0.1) is 6.04 Å². The van der Waals surface area contributed by atoms with Crippen molar-refractivity contribution in [1.29, 1.82) is 0 Å². The van der Waals surface area contributed by atoms with E-state index in [1.54, 1.807) is 0 Å². The molecule has 0 heterocycles. The van der Waals surface area contributed by atoms with E-state index in [9.17, 15) is 9.59 Å². The van der Waals surface area contributed by atoms with Crippen LogP contribution in [0.15, 0.2) is 0 Å². The fraction of sp³-hybridized carbons (Fsp3) is 0.818. The normalized spacial score (nSPS) is 14.6. The van der Waals surface area contributed by atoms with Crippen LogP contribution in [0.4, 0.5) is 0 Å². The Morgan fingerprint density at radius 1 is 1.31 bits per heavy atom. The van der Waals surface area contributed by atoms with Gasteiger partial charge in [0.2, 0.25) is 11.8 Å². The van der Waals surface area contributed by atoms with E-state index < -0.39 is 18.0 Å². The number of nitrogens with one attached hydrogen (secondary N) is 1. The Labute approximate surface area is 96.9 Å². The topological polar surface area (TPSA) is 98.2 Å². The van der Waals surface area contributed by atoms with Gasteiger partial charge in [0, 0.05) is 0 Å². The standard InChI is InChI=1S/C11H23N3O2/c1-4-5-6-8(10(13)15)14-11(16)9(12)7(2)3/h7-9H,4-6,12H2,1-3H3,(H2,13,15)(H,14,16)/t8-,9-/m0/s1. The van der Waals surface area contributed by atoms with E-state index in [0.29, 0.717) is 6.42 Å². The number of nitrogens with two attached hydrogens (primary N) is 2. The lowest BCUT2D eigenvalue weighted by atomic mass is 10.0. The molecule has 2 atom stereocenters. The van der Waals surface area contributed by atoms with Gasteiger partial charge in [-0.1, -0.05) is 33.6 Å². The van der Waals surface area contributed by atoms with Gasteiger partial charge >= 0.3 is 0 Å². The molecule has 5 nitrogen and oxygen atoms in total. The highest BCUT2D eigenvalue weighted by Crippen LogP contribution is 2.03. The van der Waals surface area contributed by atoms with Gasteiger partial charge in [0.15, 0.2) is 0 Å². The number of carbonyl (C=O) groups excluding carboxylic acids is 2. The molecule has 94 valence electrons. The summed E-state index contributed by atoms with van der Waals surface area (Å²) in [7, 11) is 0. The fourth-order valence-electron chi connectivity index (χ4n) is 1.26. The summed E-state index contributed by atoms with van der Waals surface area (Å²) in [6.45, 7) is 5.73. The van der Waals surface area contributed by atoms with Crippen molar-refractivity contribution in [1.82, 2.24) is 5.32 Å². The summed E-state index contributed by atoms with van der Waals surface area (Å²) in [6.07, 6.45) is 2.38. The summed E-state index contributed by atoms with van der Waals surface area (Å²) in [6, 6.07) is -1.19. The van der Waals surface area contributed by atoms with E-state index in [2.05, 4.69) is 5.32 Å². The number of carbonyl (C=O) groups is 2. The van der Waals surface area contributed by atoms with E-state index in [1.807, 2.05) is 20.8 Å². The Morgan fingerprint density at radius 3 is 2.25 bits per heavy atom. The third-order valence-electron chi connectivity index (χ3n) is 2.53. The molecule has 0 fully saturated rings. The lowest BCUT2D eigenvalue weighted by Crippen LogP contribution is -2.51. The molecule has 0 aliphatic rings. The Kier molecular flexibility index (Phi) is 6.72. The smallest absolute Gasteiger partial charge is 0.240 e. The van der Waals surface area contributed by atoms with Gasteiger partial charge in [-0.2, -0.15) is 0 Å². The van der Waals surface area contributed by atoms with Crippen LogP contribution < -0.4 is 16.8 Å². The van der Waals surface area contributed by atoms with Crippen molar-refractivity contribution in [3.63, 3.8) is 0 Å². The first-order valence-corrected chi connectivity index (χ1v) is 5.75. The third kappa shape index (κ3) is 5.11. The molecule has 0 aliphatic carbocycles. The van der Waals surface area contributed by atoms with Gasteiger partial charge in [-0.15, -0.1) is 0 Å². The van der Waals surface area contributed by atoms with Crippen LogP contribution in [-0.2, 0) is 9.59 Å². The van der Waals surface area contributed by atoms with Gasteiger partial charge in [0.25, 0.3) is 0 Å². The van der Waals surface area contributed by atoms with E-state index in [0.717, 1.165) is 12.8 Å². The minimum absolute atomic E-state index is 0.0414. The number of primary amides is 1. The quantitative estimate of drug-likeness (QED) is 0.578. The van der Waals surface area contributed by atoms with Crippen molar-refractivity contribution in [3.8, 4) is 0 Å². The van der Waals surface area contributed by atoms with Crippen LogP contribution in [0.5, 0.6) is 0 Å². The lowest BCUT2D eigenvalue weighted by molar-refractivity contribution is -0.128. The highest BCUT2D eigenvalue weighted by molar-refractivity contribution is 5.88. The van der Waals surface area contributed by atoms with Gasteiger partial charge < -0.3 is 16.8 Å². The molecule has 0 unspecified atom stereocenters. The van der Waals surface area contributed by atoms with Crippen molar-refractivity contribution in [2.45, 2.75) is 52.1 Å². The predicted octanol–water partition coefficient (Wildman–Crippen LogP) is 0.130. The van der Waals surface area contributed by atoms with E-state index >= 15 is 0 Å². The molecule has 0 saturated heterocycles. The SMILES string of the molecule is CCCC[C@H](NC(=O)[C@@H](N)C(C)C)C(N)=O. The van der Waals surface area contributed by atoms with E-state index in [4.69, 9.17) is 11.5 Å². The minimum atomic E-state index is -0.600. The average Bonchev–Trinajstić information content (AvgIpc) is 2.21. The molecule has 0 bridgehead atoms. The Balaban J connectivity index is 4.28. The maximum absolute atomic E-state index is 11.6. The summed E-state index contributed by atoms with van der Waals surface area (Å²) in [5.74, 6) is -0.771. The molecule has 0 aliphatic heterocycles. The molecule has 0 aromatic rings. The van der Waals surface area contributed by atoms with Crippen molar-refractivity contribution < 1.29 is 9.59 Å². The Morgan fingerprint density at radius 2 is 1.88 bits per heavy atom. The lowest BCUT2D eigenvalue weighted by Gasteiger charge is -2.20. The average molecular weight is 229 g/mol. The van der Waals surface area contributed by atoms with Crippen molar-refractivity contribution >= 4 is 11.8 Å². The zero-order valence-corrected chi connectivity index (χ0v) is 10.3. The summed E-state index contributed by atoms with van der Waals surface area (Å²) < 4.78 is 0. The second-order valence-electron chi connectivity index (χ2n) is 4.38. The monoisotopic (exact) mass is 229 g/mol. The van der Waals surface area contributed by atoms with Crippen molar-refractivity contribution in [3.05, 3.63) is 0 Å². The molecular formula is C11H23N3O2. The fourth-order valence-corrected chi connectivity index (χ4v) is 1.26. The molecule has 0 spiro atoms. The number of hydrogen-bond donors (Lipinski definition) is 3. The number of hydrogen-bond acceptors (Lipinski definition) is 3. The van der Waals surface area contributed by atoms with E-state index in [1.165, 1.54) is 0 Å². The second kappa shape index (κ2) is 7.22. The molecule has 5 heteroatoms. The predicted molar refractivity (Wildman–Crippen MR) is 63.5 cm³/mol. The zero-order valence-electron chi connectivity index (χ0n) is 10.3. The number of amides is 2. The molecule has 16 heavy (non-hydrogen) atoms. The molecule has 0 radical (unpaired) electrons. The summed E-state index contributed by atoms with van der Waals surface area (Å²) in [5.41, 5.74) is 10.9. The van der Waals surface area contributed by atoms with Crippen LogP contribution in [0.2, 0.25) is 0 Å². The summed E-state index contributed by atoms with van der Waals surface area (Å²) in [5, 5.41) is 2.59. The van der Waals surface area contributed by atoms with Crippen LogP contribution in [0, 0.1) is 5.92 Å². The van der Waals surface area contributed by atoms with Crippen LogP contribution in [-0.4, -0.2) is 23.9 Å². The molecule has 0 rings (SSSR count). The van der Waals surface area contributed by atoms with Crippen molar-refractivity contribution in [2.24, 2.45) is 17.4 Å². The van der Waals surface area contributed by atoms with Gasteiger partial charge in [-0.25, -0.2) is 0 Å². The second-order valence-corrected chi connectivity index (χ2v) is 4.38. The maximum Gasteiger partial charge on any atom is 0.240 e. The Bertz CT molecular complexity index is 241. The van der Waals surface area contributed by atoms with Crippen LogP contribution in [0.3, 0.4) is 0 Å².